The molecule has 1 aliphatic rings. The highest BCUT2D eigenvalue weighted by molar-refractivity contribution is 7.90. The first kappa shape index (κ1) is 23.1. The maximum Gasteiger partial charge on any atom is 0.272 e. The van der Waals surface area contributed by atoms with Crippen LogP contribution < -0.4 is 16.0 Å². The summed E-state index contributed by atoms with van der Waals surface area (Å²) in [6.07, 6.45) is 3.91. The lowest BCUT2D eigenvalue weighted by atomic mass is 9.49. The summed E-state index contributed by atoms with van der Waals surface area (Å²) in [7, 11) is 1.73. The number of sulfone groups is 1. The fourth-order valence-electron chi connectivity index (χ4n) is 2.61. The summed E-state index contributed by atoms with van der Waals surface area (Å²) in [5.41, 5.74) is 0.0399. The van der Waals surface area contributed by atoms with Crippen LogP contribution in [-0.2, 0) is 14.6 Å². The zero-order valence-electron chi connectivity index (χ0n) is 17.5. The average molecular weight is 460 g/mol. The number of nitrogens with one attached hydrogen (secondary N) is 3. The molecule has 0 radical (unpaired) electrons. The largest absolute Gasteiger partial charge is 0.368 e. The predicted octanol–water partition coefficient (Wildman–Crippen LogP) is -1.74. The standard InChI is InChI=1S/C16H20B3ClN6O4S/c1-31(29,30)10-4-8(20)6-21-13(10)22-9-5-11(23-14(27)7-2-3-7)25-26-12(9)15(28)24-16(17,18)19/h4-7H,2-3,17-19H2,1H3,(H,24,28)(H2,21,22,23,25,27). The number of rotatable bonds is 7. The summed E-state index contributed by atoms with van der Waals surface area (Å²) in [6, 6.07) is 2.67. The Balaban J connectivity index is 2.03. The van der Waals surface area contributed by atoms with Crippen molar-refractivity contribution in [1.29, 1.82) is 0 Å². The smallest absolute Gasteiger partial charge is 0.272 e. The van der Waals surface area contributed by atoms with Crippen LogP contribution in [0, 0.1) is 5.92 Å². The topological polar surface area (TPSA) is 143 Å². The van der Waals surface area contributed by atoms with Crippen LogP contribution in [0.1, 0.15) is 23.3 Å². The van der Waals surface area contributed by atoms with Gasteiger partial charge in [0.25, 0.3) is 5.91 Å². The summed E-state index contributed by atoms with van der Waals surface area (Å²) >= 11 is 5.91. The van der Waals surface area contributed by atoms with Crippen molar-refractivity contribution < 1.29 is 18.0 Å². The molecule has 0 bridgehead atoms. The number of aromatic nitrogens is 3. The summed E-state index contributed by atoms with van der Waals surface area (Å²) in [6.45, 7) is 0. The minimum Gasteiger partial charge on any atom is -0.368 e. The molecular weight excluding hydrogens is 440 g/mol. The van der Waals surface area contributed by atoms with Gasteiger partial charge in [0.1, 0.15) is 34.3 Å². The molecule has 0 atom stereocenters. The van der Waals surface area contributed by atoms with Crippen molar-refractivity contribution in [2.75, 3.05) is 16.9 Å². The molecule has 160 valence electrons. The molecule has 0 aliphatic heterocycles. The zero-order valence-corrected chi connectivity index (χ0v) is 19.1. The fourth-order valence-corrected chi connectivity index (χ4v) is 3.63. The number of pyridine rings is 1. The zero-order chi connectivity index (χ0) is 23.0. The molecule has 0 spiro atoms. The van der Waals surface area contributed by atoms with Crippen LogP contribution >= 0.6 is 11.6 Å². The Labute approximate surface area is 187 Å². The first-order valence-electron chi connectivity index (χ1n) is 9.47. The molecule has 0 aromatic carbocycles. The lowest BCUT2D eigenvalue weighted by molar-refractivity contribution is -0.117. The first-order valence-corrected chi connectivity index (χ1v) is 11.7. The molecule has 10 nitrogen and oxygen atoms in total. The summed E-state index contributed by atoms with van der Waals surface area (Å²) < 4.78 is 24.4. The molecule has 2 heterocycles. The SMILES string of the molecule is BC(B)(B)NC(=O)c1nnc(NC(=O)C2CC2)cc1Nc1ncc(Cl)cc1S(C)(=O)=O. The second-order valence-electron chi connectivity index (χ2n) is 8.36. The molecule has 2 aromatic heterocycles. The monoisotopic (exact) mass is 460 g/mol. The van der Waals surface area contributed by atoms with Crippen LogP contribution in [0.2, 0.25) is 5.02 Å². The van der Waals surface area contributed by atoms with Gasteiger partial charge in [0, 0.05) is 24.4 Å². The third-order valence-electron chi connectivity index (χ3n) is 4.17. The van der Waals surface area contributed by atoms with E-state index in [2.05, 4.69) is 31.1 Å². The second-order valence-corrected chi connectivity index (χ2v) is 10.8. The van der Waals surface area contributed by atoms with Gasteiger partial charge in [0.15, 0.2) is 21.3 Å². The molecule has 3 rings (SSSR count). The van der Waals surface area contributed by atoms with Crippen LogP contribution in [0.15, 0.2) is 23.2 Å². The lowest BCUT2D eigenvalue weighted by Gasteiger charge is -2.21. The second kappa shape index (κ2) is 8.50. The van der Waals surface area contributed by atoms with E-state index in [4.69, 9.17) is 11.6 Å². The highest BCUT2D eigenvalue weighted by Crippen LogP contribution is 2.31. The summed E-state index contributed by atoms with van der Waals surface area (Å²) in [5, 5.41) is 15.7. The fraction of sp³-hybridized carbons (Fsp3) is 0.312. The average Bonchev–Trinajstić information content (AvgIpc) is 3.46. The van der Waals surface area contributed by atoms with Crippen LogP contribution in [0.5, 0.6) is 0 Å². The Morgan fingerprint density at radius 1 is 1.19 bits per heavy atom. The normalized spacial score (nSPS) is 14.0. The number of carbonyl (C=O) groups excluding carboxylic acids is 2. The Kier molecular flexibility index (Phi) is 6.33. The first-order chi connectivity index (χ1) is 14.3. The minimum atomic E-state index is -3.69. The van der Waals surface area contributed by atoms with Gasteiger partial charge in [-0.05, 0) is 24.1 Å². The van der Waals surface area contributed by atoms with Crippen molar-refractivity contribution in [3.63, 3.8) is 0 Å². The Bertz CT molecular complexity index is 1150. The molecular formula is C16H20B3ClN6O4S. The minimum absolute atomic E-state index is 0.0378. The van der Waals surface area contributed by atoms with Crippen molar-refractivity contribution >= 4 is 74.1 Å². The molecule has 2 aromatic rings. The van der Waals surface area contributed by atoms with Crippen molar-refractivity contribution in [2.45, 2.75) is 23.0 Å². The van der Waals surface area contributed by atoms with Crippen LogP contribution in [0.25, 0.3) is 0 Å². The third kappa shape index (κ3) is 6.20. The van der Waals surface area contributed by atoms with Gasteiger partial charge in [0.2, 0.25) is 5.91 Å². The van der Waals surface area contributed by atoms with E-state index in [1.54, 1.807) is 23.5 Å². The highest BCUT2D eigenvalue weighted by Gasteiger charge is 2.30. The van der Waals surface area contributed by atoms with Gasteiger partial charge >= 0.3 is 0 Å². The van der Waals surface area contributed by atoms with E-state index in [0.29, 0.717) is 0 Å². The maximum absolute atomic E-state index is 12.8. The van der Waals surface area contributed by atoms with E-state index in [1.165, 1.54) is 18.3 Å². The predicted molar refractivity (Wildman–Crippen MR) is 125 cm³/mol. The maximum atomic E-state index is 12.8. The third-order valence-corrected chi connectivity index (χ3v) is 5.49. The highest BCUT2D eigenvalue weighted by atomic mass is 35.5. The quantitative estimate of drug-likeness (QED) is 0.414. The summed E-state index contributed by atoms with van der Waals surface area (Å²) in [4.78, 5) is 28.8. The molecule has 1 aliphatic carbocycles. The molecule has 3 N–H and O–H groups in total. The molecule has 15 heteroatoms. The molecule has 0 unspecified atom stereocenters. The Morgan fingerprint density at radius 2 is 1.87 bits per heavy atom. The summed E-state index contributed by atoms with van der Waals surface area (Å²) in [5.74, 6) is -0.686. The lowest BCUT2D eigenvalue weighted by Crippen LogP contribution is -2.50. The molecule has 1 saturated carbocycles. The van der Waals surface area contributed by atoms with Gasteiger partial charge in [0.05, 0.1) is 10.7 Å². The van der Waals surface area contributed by atoms with Gasteiger partial charge in [-0.2, -0.15) is 0 Å². The molecule has 0 saturated heterocycles. The Morgan fingerprint density at radius 3 is 2.45 bits per heavy atom. The van der Waals surface area contributed by atoms with Gasteiger partial charge in [-0.1, -0.05) is 11.6 Å². The molecule has 1 fully saturated rings. The van der Waals surface area contributed by atoms with E-state index in [-0.39, 0.29) is 44.8 Å². The van der Waals surface area contributed by atoms with Crippen LogP contribution in [0.3, 0.4) is 0 Å². The van der Waals surface area contributed by atoms with Gasteiger partial charge in [-0.25, -0.2) is 13.4 Å². The van der Waals surface area contributed by atoms with Crippen LogP contribution in [0.4, 0.5) is 17.3 Å². The van der Waals surface area contributed by atoms with E-state index < -0.39 is 21.0 Å². The number of carbonyl (C=O) groups is 2. The number of hydrogen-bond acceptors (Lipinski definition) is 8. The van der Waals surface area contributed by atoms with Crippen molar-refractivity contribution in [3.05, 3.63) is 29.0 Å². The van der Waals surface area contributed by atoms with Crippen molar-refractivity contribution in [1.82, 2.24) is 20.5 Å². The van der Waals surface area contributed by atoms with Gasteiger partial charge in [-0.15, -0.1) is 10.2 Å². The van der Waals surface area contributed by atoms with E-state index in [9.17, 15) is 18.0 Å². The number of amides is 2. The van der Waals surface area contributed by atoms with E-state index >= 15 is 0 Å². The molecule has 31 heavy (non-hydrogen) atoms. The number of hydrogen-bond donors (Lipinski definition) is 3. The Hall–Kier alpha value is -2.60. The van der Waals surface area contributed by atoms with Crippen molar-refractivity contribution in [2.24, 2.45) is 5.92 Å². The molecule has 2 amide bonds. The van der Waals surface area contributed by atoms with E-state index in [0.717, 1.165) is 19.1 Å². The van der Waals surface area contributed by atoms with Crippen LogP contribution in [-0.4, -0.2) is 70.4 Å². The van der Waals surface area contributed by atoms with Gasteiger partial charge < -0.3 is 16.0 Å². The number of halogens is 1. The van der Waals surface area contributed by atoms with Gasteiger partial charge in [-0.3, -0.25) is 9.59 Å². The number of anilines is 3. The van der Waals surface area contributed by atoms with E-state index in [1.807, 2.05) is 0 Å². The van der Waals surface area contributed by atoms with Crippen molar-refractivity contribution in [3.8, 4) is 0 Å². The number of nitrogens with zero attached hydrogens (tertiary/aromatic N) is 3.